The van der Waals surface area contributed by atoms with Crippen molar-refractivity contribution < 1.29 is 9.59 Å². The molecule has 0 aliphatic carbocycles. The monoisotopic (exact) mass is 365 g/mol. The van der Waals surface area contributed by atoms with Gasteiger partial charge in [0.25, 0.3) is 11.8 Å². The van der Waals surface area contributed by atoms with Crippen LogP contribution in [0.25, 0.3) is 6.08 Å². The maximum atomic E-state index is 12.6. The molecule has 5 nitrogen and oxygen atoms in total. The van der Waals surface area contributed by atoms with Crippen LogP contribution >= 0.6 is 0 Å². The topological polar surface area (TPSA) is 61.4 Å². The van der Waals surface area contributed by atoms with Gasteiger partial charge in [-0.3, -0.25) is 9.59 Å². The van der Waals surface area contributed by atoms with Crippen molar-refractivity contribution >= 4 is 23.6 Å². The Morgan fingerprint density at radius 2 is 1.63 bits per heavy atom. The lowest BCUT2D eigenvalue weighted by atomic mass is 10.1. The summed E-state index contributed by atoms with van der Waals surface area (Å²) in [5.74, 6) is -0.296. The van der Waals surface area contributed by atoms with Gasteiger partial charge in [-0.1, -0.05) is 44.2 Å². The van der Waals surface area contributed by atoms with Crippen LogP contribution in [0.3, 0.4) is 0 Å². The zero-order valence-corrected chi connectivity index (χ0v) is 16.3. The van der Waals surface area contributed by atoms with Crippen molar-refractivity contribution in [3.63, 3.8) is 0 Å². The highest BCUT2D eigenvalue weighted by Crippen LogP contribution is 2.14. The Labute approximate surface area is 161 Å². The van der Waals surface area contributed by atoms with Crippen LogP contribution in [0.15, 0.2) is 60.3 Å². The molecular formula is C22H27N3O2. The number of nitrogens with zero attached hydrogens (tertiary/aromatic N) is 1. The summed E-state index contributed by atoms with van der Waals surface area (Å²) in [7, 11) is 3.94. The number of benzene rings is 2. The van der Waals surface area contributed by atoms with Crippen molar-refractivity contribution in [2.45, 2.75) is 13.8 Å². The highest BCUT2D eigenvalue weighted by atomic mass is 16.2. The van der Waals surface area contributed by atoms with E-state index in [9.17, 15) is 9.59 Å². The van der Waals surface area contributed by atoms with Crippen molar-refractivity contribution in [3.05, 3.63) is 71.4 Å². The van der Waals surface area contributed by atoms with E-state index in [1.807, 2.05) is 63.2 Å². The van der Waals surface area contributed by atoms with Crippen molar-refractivity contribution in [2.75, 3.05) is 25.5 Å². The molecule has 0 atom stereocenters. The van der Waals surface area contributed by atoms with Gasteiger partial charge in [0, 0.05) is 31.9 Å². The van der Waals surface area contributed by atoms with E-state index in [-0.39, 0.29) is 17.5 Å². The molecular weight excluding hydrogens is 338 g/mol. The summed E-state index contributed by atoms with van der Waals surface area (Å²) in [5.41, 5.74) is 2.63. The molecule has 0 unspecified atom stereocenters. The van der Waals surface area contributed by atoms with Gasteiger partial charge < -0.3 is 15.5 Å². The third-order valence-corrected chi connectivity index (χ3v) is 3.92. The summed E-state index contributed by atoms with van der Waals surface area (Å²) < 4.78 is 0. The third kappa shape index (κ3) is 6.29. The minimum Gasteiger partial charge on any atom is -0.378 e. The summed E-state index contributed by atoms with van der Waals surface area (Å²) in [6.07, 6.45) is 1.69. The van der Waals surface area contributed by atoms with Crippen LogP contribution in [-0.4, -0.2) is 32.5 Å². The minimum atomic E-state index is -0.313. The number of nitrogens with one attached hydrogen (secondary N) is 2. The van der Waals surface area contributed by atoms with E-state index in [0.29, 0.717) is 18.0 Å². The second-order valence-electron chi connectivity index (χ2n) is 6.97. The van der Waals surface area contributed by atoms with Gasteiger partial charge in [-0.15, -0.1) is 0 Å². The van der Waals surface area contributed by atoms with Crippen LogP contribution in [0.4, 0.5) is 5.69 Å². The summed E-state index contributed by atoms with van der Waals surface area (Å²) in [5, 5.41) is 5.60. The number of rotatable bonds is 7. The van der Waals surface area contributed by atoms with Crippen molar-refractivity contribution in [1.82, 2.24) is 10.6 Å². The summed E-state index contributed by atoms with van der Waals surface area (Å²) in [6.45, 7) is 4.58. The van der Waals surface area contributed by atoms with Crippen molar-refractivity contribution in [1.29, 1.82) is 0 Å². The molecule has 0 aliphatic rings. The van der Waals surface area contributed by atoms with E-state index < -0.39 is 0 Å². The first-order valence-electron chi connectivity index (χ1n) is 9.00. The first-order chi connectivity index (χ1) is 12.9. The molecule has 2 N–H and O–H groups in total. The molecule has 0 saturated heterocycles. The zero-order chi connectivity index (χ0) is 19.8. The lowest BCUT2D eigenvalue weighted by Crippen LogP contribution is -2.36. The van der Waals surface area contributed by atoms with E-state index >= 15 is 0 Å². The molecule has 0 radical (unpaired) electrons. The Kier molecular flexibility index (Phi) is 7.17. The first-order valence-corrected chi connectivity index (χ1v) is 9.00. The van der Waals surface area contributed by atoms with Gasteiger partial charge in [0.15, 0.2) is 0 Å². The summed E-state index contributed by atoms with van der Waals surface area (Å²) in [4.78, 5) is 27.1. The number of anilines is 1. The molecule has 2 aromatic carbocycles. The van der Waals surface area contributed by atoms with Crippen LogP contribution in [0.5, 0.6) is 0 Å². The van der Waals surface area contributed by atoms with Gasteiger partial charge in [0.1, 0.15) is 5.70 Å². The number of hydrogen-bond donors (Lipinski definition) is 2. The second kappa shape index (κ2) is 9.57. The minimum absolute atomic E-state index is 0.224. The van der Waals surface area contributed by atoms with E-state index in [4.69, 9.17) is 0 Å². The molecule has 0 fully saturated rings. The Morgan fingerprint density at radius 3 is 2.19 bits per heavy atom. The lowest BCUT2D eigenvalue weighted by molar-refractivity contribution is -0.117. The molecule has 5 heteroatoms. The molecule has 0 bridgehead atoms. The highest BCUT2D eigenvalue weighted by molar-refractivity contribution is 6.05. The fraction of sp³-hybridized carbons (Fsp3) is 0.273. The standard InChI is InChI=1S/C22H27N3O2/c1-16(2)15-23-22(27)20(24-21(26)18-8-6-5-7-9-18)14-17-10-12-19(13-11-17)25(3)4/h5-14,16H,15H2,1-4H3,(H,23,27)(H,24,26)/b20-14-. The van der Waals surface area contributed by atoms with E-state index in [2.05, 4.69) is 10.6 Å². The van der Waals surface area contributed by atoms with Crippen LogP contribution in [0.2, 0.25) is 0 Å². The van der Waals surface area contributed by atoms with E-state index in [0.717, 1.165) is 11.3 Å². The molecule has 0 spiro atoms. The number of amides is 2. The Hall–Kier alpha value is -3.08. The molecule has 2 aromatic rings. The Balaban J connectivity index is 2.25. The SMILES string of the molecule is CC(C)CNC(=O)/C(=C/c1ccc(N(C)C)cc1)NC(=O)c1ccccc1. The van der Waals surface area contributed by atoms with Crippen LogP contribution < -0.4 is 15.5 Å². The van der Waals surface area contributed by atoms with Crippen LogP contribution in [0, 0.1) is 5.92 Å². The molecule has 2 rings (SSSR count). The van der Waals surface area contributed by atoms with Gasteiger partial charge in [0.05, 0.1) is 0 Å². The Morgan fingerprint density at radius 1 is 1.00 bits per heavy atom. The Bertz CT molecular complexity index is 794. The fourth-order valence-corrected chi connectivity index (χ4v) is 2.37. The third-order valence-electron chi connectivity index (χ3n) is 3.92. The molecule has 0 heterocycles. The maximum absolute atomic E-state index is 12.6. The normalized spacial score (nSPS) is 11.2. The molecule has 0 aliphatic heterocycles. The molecule has 27 heavy (non-hydrogen) atoms. The molecule has 142 valence electrons. The average molecular weight is 365 g/mol. The maximum Gasteiger partial charge on any atom is 0.267 e. The van der Waals surface area contributed by atoms with Gasteiger partial charge in [-0.05, 0) is 41.8 Å². The summed E-state index contributed by atoms with van der Waals surface area (Å²) >= 11 is 0. The number of hydrogen-bond acceptors (Lipinski definition) is 3. The predicted molar refractivity (Wildman–Crippen MR) is 111 cm³/mol. The van der Waals surface area contributed by atoms with Gasteiger partial charge >= 0.3 is 0 Å². The fourth-order valence-electron chi connectivity index (χ4n) is 2.37. The van der Waals surface area contributed by atoms with E-state index in [1.54, 1.807) is 30.3 Å². The van der Waals surface area contributed by atoms with Crippen LogP contribution in [-0.2, 0) is 4.79 Å². The predicted octanol–water partition coefficient (Wildman–Crippen LogP) is 3.30. The number of carbonyl (C=O) groups excluding carboxylic acids is 2. The summed E-state index contributed by atoms with van der Waals surface area (Å²) in [6, 6.07) is 16.6. The van der Waals surface area contributed by atoms with Gasteiger partial charge in [-0.25, -0.2) is 0 Å². The first kappa shape index (κ1) is 20.2. The second-order valence-corrected chi connectivity index (χ2v) is 6.97. The van der Waals surface area contributed by atoms with Gasteiger partial charge in [0.2, 0.25) is 0 Å². The van der Waals surface area contributed by atoms with Crippen molar-refractivity contribution in [3.8, 4) is 0 Å². The highest BCUT2D eigenvalue weighted by Gasteiger charge is 2.14. The quantitative estimate of drug-likeness (QED) is 0.740. The molecule has 2 amide bonds. The van der Waals surface area contributed by atoms with Crippen molar-refractivity contribution in [2.24, 2.45) is 5.92 Å². The van der Waals surface area contributed by atoms with E-state index in [1.165, 1.54) is 0 Å². The van der Waals surface area contributed by atoms with Crippen LogP contribution in [0.1, 0.15) is 29.8 Å². The lowest BCUT2D eigenvalue weighted by Gasteiger charge is -2.14. The largest absolute Gasteiger partial charge is 0.378 e. The smallest absolute Gasteiger partial charge is 0.267 e. The zero-order valence-electron chi connectivity index (χ0n) is 16.3. The molecule has 0 saturated carbocycles. The molecule has 0 aromatic heterocycles. The van der Waals surface area contributed by atoms with Gasteiger partial charge in [-0.2, -0.15) is 0 Å². The number of carbonyl (C=O) groups is 2. The average Bonchev–Trinajstić information content (AvgIpc) is 2.66.